The topological polar surface area (TPSA) is 31.7 Å². The van der Waals surface area contributed by atoms with Crippen LogP contribution in [0.25, 0.3) is 0 Å². The Balaban J connectivity index is 1.22. The van der Waals surface area contributed by atoms with Crippen LogP contribution in [0.5, 0.6) is 0 Å². The molecule has 1 unspecified atom stereocenters. The molecule has 1 fully saturated rings. The summed E-state index contributed by atoms with van der Waals surface area (Å²) in [6, 6.07) is 11.0. The number of fused-ring (bicyclic) bond motifs is 2. The van der Waals surface area contributed by atoms with Crippen LogP contribution >= 0.6 is 11.6 Å². The first-order valence-corrected chi connectivity index (χ1v) is 12.6. The van der Waals surface area contributed by atoms with Crippen molar-refractivity contribution in [3.8, 4) is 0 Å². The van der Waals surface area contributed by atoms with E-state index < -0.39 is 0 Å². The van der Waals surface area contributed by atoms with Crippen LogP contribution in [0.15, 0.2) is 53.3 Å². The Labute approximate surface area is 197 Å². The molecule has 5 heteroatoms. The first-order valence-electron chi connectivity index (χ1n) is 12.2. The van der Waals surface area contributed by atoms with Crippen LogP contribution in [0.1, 0.15) is 60.5 Å². The van der Waals surface area contributed by atoms with Crippen LogP contribution in [0.3, 0.4) is 0 Å². The molecule has 0 N–H and O–H groups in total. The van der Waals surface area contributed by atoms with E-state index in [1.165, 1.54) is 47.5 Å². The SMILES string of the molecule is Clc1ccc2c(c1)CCc1cccnc1C2N1CCN(CCCCC2=CCCC=N2)CC1. The molecule has 0 radical (unpaired) electrons. The number of hydrogen-bond donors (Lipinski definition) is 0. The van der Waals surface area contributed by atoms with Crippen molar-refractivity contribution in [1.29, 1.82) is 0 Å². The number of halogens is 1. The summed E-state index contributed by atoms with van der Waals surface area (Å²) < 4.78 is 0. The second kappa shape index (κ2) is 10.3. The highest BCUT2D eigenvalue weighted by molar-refractivity contribution is 6.30. The fourth-order valence-corrected chi connectivity index (χ4v) is 5.56. The Morgan fingerprint density at radius 3 is 2.69 bits per heavy atom. The number of allylic oxidation sites excluding steroid dienone is 2. The fraction of sp³-hybridized carbons (Fsp3) is 0.481. The van der Waals surface area contributed by atoms with E-state index in [0.717, 1.165) is 63.3 Å². The Hall–Kier alpha value is -2.01. The van der Waals surface area contributed by atoms with Crippen molar-refractivity contribution in [3.63, 3.8) is 0 Å². The van der Waals surface area contributed by atoms with Gasteiger partial charge in [-0.15, -0.1) is 0 Å². The molecule has 1 aromatic carbocycles. The van der Waals surface area contributed by atoms with Crippen LogP contribution in [-0.2, 0) is 12.8 Å². The summed E-state index contributed by atoms with van der Waals surface area (Å²) in [6.45, 7) is 5.61. The lowest BCUT2D eigenvalue weighted by Crippen LogP contribution is -2.48. The third kappa shape index (κ3) is 4.98. The molecule has 1 atom stereocenters. The molecular weight excluding hydrogens is 416 g/mol. The van der Waals surface area contributed by atoms with Crippen LogP contribution in [0, 0.1) is 0 Å². The Morgan fingerprint density at radius 1 is 0.969 bits per heavy atom. The van der Waals surface area contributed by atoms with E-state index in [2.05, 4.69) is 51.3 Å². The lowest BCUT2D eigenvalue weighted by atomic mass is 9.96. The molecule has 3 heterocycles. The van der Waals surface area contributed by atoms with Gasteiger partial charge in [0.05, 0.1) is 11.7 Å². The van der Waals surface area contributed by atoms with Gasteiger partial charge in [0.2, 0.25) is 0 Å². The summed E-state index contributed by atoms with van der Waals surface area (Å²) in [5.74, 6) is 0. The number of hydrogen-bond acceptors (Lipinski definition) is 4. The second-order valence-electron chi connectivity index (χ2n) is 9.21. The molecule has 2 aromatic rings. The average molecular weight is 449 g/mol. The predicted molar refractivity (Wildman–Crippen MR) is 133 cm³/mol. The predicted octanol–water partition coefficient (Wildman–Crippen LogP) is 5.46. The summed E-state index contributed by atoms with van der Waals surface area (Å²) in [5, 5.41) is 0.834. The molecule has 1 aromatic heterocycles. The van der Waals surface area contributed by atoms with Gasteiger partial charge in [-0.3, -0.25) is 14.9 Å². The van der Waals surface area contributed by atoms with Gasteiger partial charge in [-0.05, 0) is 86.4 Å². The molecule has 1 aliphatic carbocycles. The zero-order valence-electron chi connectivity index (χ0n) is 18.8. The summed E-state index contributed by atoms with van der Waals surface area (Å²) in [4.78, 5) is 14.7. The second-order valence-corrected chi connectivity index (χ2v) is 9.65. The van der Waals surface area contributed by atoms with Crippen molar-refractivity contribution in [1.82, 2.24) is 14.8 Å². The number of aliphatic imine (C=N–C) groups is 1. The standard InChI is InChI=1S/C27H33ClN4/c28-23-11-12-25-22(20-23)10-9-21-6-5-14-30-26(21)27(25)32-18-16-31(17-19-32)15-4-2-8-24-7-1-3-13-29-24/h5-7,11-14,20,27H,1-4,8-10,15-19H2. The fourth-order valence-electron chi connectivity index (χ4n) is 5.36. The minimum Gasteiger partial charge on any atom is -0.301 e. The van der Waals surface area contributed by atoms with Gasteiger partial charge in [-0.2, -0.15) is 0 Å². The van der Waals surface area contributed by atoms with Gasteiger partial charge in [0, 0.05) is 49.3 Å². The van der Waals surface area contributed by atoms with Crippen LogP contribution in [-0.4, -0.2) is 53.7 Å². The van der Waals surface area contributed by atoms with E-state index in [0.29, 0.717) is 0 Å². The number of pyridine rings is 1. The first kappa shape index (κ1) is 21.8. The zero-order chi connectivity index (χ0) is 21.8. The van der Waals surface area contributed by atoms with Gasteiger partial charge in [0.15, 0.2) is 0 Å². The molecule has 5 rings (SSSR count). The van der Waals surface area contributed by atoms with Gasteiger partial charge in [-0.1, -0.05) is 29.8 Å². The summed E-state index contributed by atoms with van der Waals surface area (Å²) >= 11 is 6.36. The molecule has 168 valence electrons. The van der Waals surface area contributed by atoms with Crippen LogP contribution in [0.4, 0.5) is 0 Å². The Bertz CT molecular complexity index is 991. The lowest BCUT2D eigenvalue weighted by molar-refractivity contribution is 0.106. The Kier molecular flexibility index (Phi) is 7.01. The van der Waals surface area contributed by atoms with Gasteiger partial charge >= 0.3 is 0 Å². The van der Waals surface area contributed by atoms with Gasteiger partial charge in [0.25, 0.3) is 0 Å². The smallest absolute Gasteiger partial charge is 0.0782 e. The van der Waals surface area contributed by atoms with Gasteiger partial charge in [-0.25, -0.2) is 0 Å². The quantitative estimate of drug-likeness (QED) is 0.550. The molecule has 1 saturated heterocycles. The molecule has 3 aliphatic rings. The van der Waals surface area contributed by atoms with E-state index in [1.54, 1.807) is 0 Å². The third-order valence-electron chi connectivity index (χ3n) is 7.11. The minimum absolute atomic E-state index is 0.235. The number of benzene rings is 1. The highest BCUT2D eigenvalue weighted by Gasteiger charge is 2.32. The minimum atomic E-state index is 0.235. The van der Waals surface area contributed by atoms with E-state index in [9.17, 15) is 0 Å². The van der Waals surface area contributed by atoms with E-state index in [4.69, 9.17) is 16.6 Å². The van der Waals surface area contributed by atoms with E-state index in [-0.39, 0.29) is 6.04 Å². The van der Waals surface area contributed by atoms with Crippen molar-refractivity contribution in [2.24, 2.45) is 4.99 Å². The maximum absolute atomic E-state index is 6.36. The maximum atomic E-state index is 6.36. The number of piperazine rings is 1. The normalized spacial score (nSPS) is 21.5. The van der Waals surface area contributed by atoms with Gasteiger partial charge in [0.1, 0.15) is 0 Å². The molecule has 32 heavy (non-hydrogen) atoms. The van der Waals surface area contributed by atoms with E-state index >= 15 is 0 Å². The van der Waals surface area contributed by atoms with Gasteiger partial charge < -0.3 is 4.90 Å². The molecule has 4 nitrogen and oxygen atoms in total. The van der Waals surface area contributed by atoms with Crippen molar-refractivity contribution < 1.29 is 0 Å². The molecular formula is C27H33ClN4. The molecule has 0 amide bonds. The third-order valence-corrected chi connectivity index (χ3v) is 7.35. The van der Waals surface area contributed by atoms with Crippen molar-refractivity contribution in [2.75, 3.05) is 32.7 Å². The van der Waals surface area contributed by atoms with Crippen LogP contribution in [0.2, 0.25) is 5.02 Å². The van der Waals surface area contributed by atoms with Crippen molar-refractivity contribution in [2.45, 2.75) is 51.0 Å². The molecule has 0 saturated carbocycles. The maximum Gasteiger partial charge on any atom is 0.0782 e. The summed E-state index contributed by atoms with van der Waals surface area (Å²) in [5.41, 5.74) is 6.68. The monoisotopic (exact) mass is 448 g/mol. The molecule has 0 spiro atoms. The number of aryl methyl sites for hydroxylation is 2. The first-order chi connectivity index (χ1) is 15.8. The summed E-state index contributed by atoms with van der Waals surface area (Å²) in [6.07, 6.45) is 14.3. The number of nitrogens with zero attached hydrogens (tertiary/aromatic N) is 4. The zero-order valence-corrected chi connectivity index (χ0v) is 19.6. The summed E-state index contributed by atoms with van der Waals surface area (Å²) in [7, 11) is 0. The molecule has 0 bridgehead atoms. The van der Waals surface area contributed by atoms with Crippen molar-refractivity contribution in [3.05, 3.63) is 75.7 Å². The van der Waals surface area contributed by atoms with Crippen molar-refractivity contribution >= 4 is 17.8 Å². The van der Waals surface area contributed by atoms with Crippen LogP contribution < -0.4 is 0 Å². The number of rotatable bonds is 6. The average Bonchev–Trinajstić information content (AvgIpc) is 3.00. The largest absolute Gasteiger partial charge is 0.301 e. The number of unbranched alkanes of at least 4 members (excludes halogenated alkanes) is 1. The lowest BCUT2D eigenvalue weighted by Gasteiger charge is -2.39. The Morgan fingerprint density at radius 2 is 1.84 bits per heavy atom. The highest BCUT2D eigenvalue weighted by Crippen LogP contribution is 2.37. The highest BCUT2D eigenvalue weighted by atomic mass is 35.5. The number of aromatic nitrogens is 1. The molecule has 2 aliphatic heterocycles. The van der Waals surface area contributed by atoms with E-state index in [1.807, 2.05) is 12.3 Å².